The van der Waals surface area contributed by atoms with Crippen molar-refractivity contribution in [3.05, 3.63) is 47.8 Å². The highest BCUT2D eigenvalue weighted by Gasteiger charge is 2.18. The van der Waals surface area contributed by atoms with Crippen molar-refractivity contribution in [1.29, 1.82) is 0 Å². The topological polar surface area (TPSA) is 55.0 Å². The van der Waals surface area contributed by atoms with Crippen molar-refractivity contribution in [2.45, 2.75) is 25.7 Å². The molecule has 3 rings (SSSR count). The van der Waals surface area contributed by atoms with Crippen LogP contribution in [0.2, 0.25) is 0 Å². The van der Waals surface area contributed by atoms with Gasteiger partial charge in [-0.2, -0.15) is 0 Å². The number of hydrogen-bond donors (Lipinski definition) is 1. The molecule has 1 aromatic carbocycles. The zero-order valence-electron chi connectivity index (χ0n) is 11.6. The van der Waals surface area contributed by atoms with Crippen LogP contribution in [0.3, 0.4) is 0 Å². The molecule has 20 heavy (non-hydrogen) atoms. The maximum atomic E-state index is 5.56. The number of hydrogen-bond acceptors (Lipinski definition) is 4. The summed E-state index contributed by atoms with van der Waals surface area (Å²) in [6.07, 6.45) is 8.14. The van der Waals surface area contributed by atoms with Crippen molar-refractivity contribution in [2.75, 3.05) is 18.0 Å². The van der Waals surface area contributed by atoms with Gasteiger partial charge in [-0.1, -0.05) is 18.2 Å². The van der Waals surface area contributed by atoms with Gasteiger partial charge in [0.05, 0.1) is 0 Å². The molecule has 0 radical (unpaired) electrons. The highest BCUT2D eigenvalue weighted by molar-refractivity contribution is 5.62. The largest absolute Gasteiger partial charge is 0.330 e. The van der Waals surface area contributed by atoms with Gasteiger partial charge in [-0.15, -0.1) is 0 Å². The third-order valence-electron chi connectivity index (χ3n) is 3.73. The Kier molecular flexibility index (Phi) is 3.92. The molecule has 0 unspecified atom stereocenters. The Balaban J connectivity index is 1.92. The fourth-order valence-corrected chi connectivity index (χ4v) is 2.68. The van der Waals surface area contributed by atoms with Gasteiger partial charge in [-0.05, 0) is 49.4 Å². The maximum absolute atomic E-state index is 5.56. The zero-order valence-corrected chi connectivity index (χ0v) is 11.6. The van der Waals surface area contributed by atoms with Crippen LogP contribution in [0.1, 0.15) is 24.0 Å². The summed E-state index contributed by atoms with van der Waals surface area (Å²) in [6.45, 7) is 1.61. The summed E-state index contributed by atoms with van der Waals surface area (Å²) in [5, 5.41) is 0. The second-order valence-corrected chi connectivity index (χ2v) is 5.17. The first kappa shape index (κ1) is 13.1. The van der Waals surface area contributed by atoms with E-state index in [1.807, 2.05) is 12.4 Å². The Labute approximate surface area is 119 Å². The van der Waals surface area contributed by atoms with E-state index in [-0.39, 0.29) is 0 Å². The molecule has 2 heterocycles. The van der Waals surface area contributed by atoms with Gasteiger partial charge in [0.2, 0.25) is 5.95 Å². The molecular weight excluding hydrogens is 248 g/mol. The summed E-state index contributed by atoms with van der Waals surface area (Å²) in [4.78, 5) is 11.3. The lowest BCUT2D eigenvalue weighted by molar-refractivity contribution is 0.752. The molecule has 2 aromatic rings. The van der Waals surface area contributed by atoms with E-state index in [0.717, 1.165) is 30.9 Å². The predicted octanol–water partition coefficient (Wildman–Crippen LogP) is 2.45. The number of nitrogens with two attached hydrogens (primary N) is 1. The van der Waals surface area contributed by atoms with Crippen LogP contribution >= 0.6 is 0 Å². The molecule has 1 aliphatic rings. The highest BCUT2D eigenvalue weighted by atomic mass is 15.3. The van der Waals surface area contributed by atoms with Crippen LogP contribution in [0.4, 0.5) is 11.6 Å². The average Bonchev–Trinajstić information content (AvgIpc) is 2.71. The Morgan fingerprint density at radius 2 is 1.90 bits per heavy atom. The Morgan fingerprint density at radius 3 is 2.70 bits per heavy atom. The van der Waals surface area contributed by atoms with E-state index in [0.29, 0.717) is 6.54 Å². The van der Waals surface area contributed by atoms with Gasteiger partial charge in [-0.25, -0.2) is 9.97 Å². The van der Waals surface area contributed by atoms with Crippen LogP contribution in [0, 0.1) is 0 Å². The van der Waals surface area contributed by atoms with Crippen LogP contribution in [0.25, 0.3) is 0 Å². The minimum Gasteiger partial charge on any atom is -0.330 e. The molecule has 0 bridgehead atoms. The first-order valence-corrected chi connectivity index (χ1v) is 7.25. The number of rotatable bonds is 3. The van der Waals surface area contributed by atoms with Gasteiger partial charge in [-0.3, -0.25) is 0 Å². The Bertz CT molecular complexity index is 565. The lowest BCUT2D eigenvalue weighted by Crippen LogP contribution is -2.20. The fraction of sp³-hybridized carbons (Fsp3) is 0.375. The fourth-order valence-electron chi connectivity index (χ4n) is 2.68. The first-order chi connectivity index (χ1) is 9.88. The van der Waals surface area contributed by atoms with Crippen LogP contribution in [-0.2, 0) is 12.8 Å². The van der Waals surface area contributed by atoms with Crippen LogP contribution in [0.5, 0.6) is 0 Å². The van der Waals surface area contributed by atoms with E-state index >= 15 is 0 Å². The van der Waals surface area contributed by atoms with Crippen molar-refractivity contribution >= 4 is 11.6 Å². The van der Waals surface area contributed by atoms with Gasteiger partial charge in [0, 0.05) is 24.6 Å². The van der Waals surface area contributed by atoms with Crippen LogP contribution < -0.4 is 10.6 Å². The minimum absolute atomic E-state index is 0.634. The quantitative estimate of drug-likeness (QED) is 0.929. The monoisotopic (exact) mass is 268 g/mol. The lowest BCUT2D eigenvalue weighted by Gasteiger charge is -2.22. The predicted molar refractivity (Wildman–Crippen MR) is 81.2 cm³/mol. The standard InChI is InChI=1S/C16H20N4/c17-9-8-13-11-18-16(19-12-13)20-10-4-3-6-14-5-1-2-7-15(14)20/h1-2,5,7,11-12H,3-4,6,8-10,17H2. The lowest BCUT2D eigenvalue weighted by atomic mass is 10.1. The molecule has 0 spiro atoms. The van der Waals surface area contributed by atoms with Crippen molar-refractivity contribution in [3.8, 4) is 0 Å². The van der Waals surface area contributed by atoms with E-state index in [2.05, 4.69) is 39.1 Å². The normalized spacial score (nSPS) is 14.8. The SMILES string of the molecule is NCCc1cnc(N2CCCCc3ccccc32)nc1. The minimum atomic E-state index is 0.634. The molecule has 0 atom stereocenters. The second kappa shape index (κ2) is 6.01. The number of aromatic nitrogens is 2. The number of aryl methyl sites for hydroxylation is 1. The zero-order chi connectivity index (χ0) is 13.8. The van der Waals surface area contributed by atoms with Gasteiger partial charge < -0.3 is 10.6 Å². The Morgan fingerprint density at radius 1 is 1.10 bits per heavy atom. The smallest absolute Gasteiger partial charge is 0.229 e. The summed E-state index contributed by atoms with van der Waals surface area (Å²) < 4.78 is 0. The number of anilines is 2. The molecule has 0 amide bonds. The molecule has 104 valence electrons. The molecule has 0 saturated heterocycles. The maximum Gasteiger partial charge on any atom is 0.229 e. The third-order valence-corrected chi connectivity index (χ3v) is 3.73. The van der Waals surface area contributed by atoms with Gasteiger partial charge in [0.1, 0.15) is 0 Å². The van der Waals surface area contributed by atoms with Crippen molar-refractivity contribution in [2.24, 2.45) is 5.73 Å². The van der Waals surface area contributed by atoms with Crippen molar-refractivity contribution < 1.29 is 0 Å². The van der Waals surface area contributed by atoms with Gasteiger partial charge in [0.25, 0.3) is 0 Å². The number of benzene rings is 1. The molecule has 0 aliphatic carbocycles. The van der Waals surface area contributed by atoms with Crippen molar-refractivity contribution in [3.63, 3.8) is 0 Å². The third kappa shape index (κ3) is 2.65. The number of fused-ring (bicyclic) bond motifs is 1. The average molecular weight is 268 g/mol. The summed E-state index contributed by atoms with van der Waals surface area (Å²) in [5.41, 5.74) is 9.29. The van der Waals surface area contributed by atoms with E-state index in [1.54, 1.807) is 0 Å². The van der Waals surface area contributed by atoms with E-state index in [9.17, 15) is 0 Å². The summed E-state index contributed by atoms with van der Waals surface area (Å²) in [5.74, 6) is 0.792. The number of nitrogens with zero attached hydrogens (tertiary/aromatic N) is 3. The van der Waals surface area contributed by atoms with Crippen LogP contribution in [0.15, 0.2) is 36.7 Å². The molecule has 1 aromatic heterocycles. The van der Waals surface area contributed by atoms with Crippen molar-refractivity contribution in [1.82, 2.24) is 9.97 Å². The summed E-state index contributed by atoms with van der Waals surface area (Å²) in [6, 6.07) is 8.56. The first-order valence-electron chi connectivity index (χ1n) is 7.25. The highest BCUT2D eigenvalue weighted by Crippen LogP contribution is 2.30. The second-order valence-electron chi connectivity index (χ2n) is 5.17. The van der Waals surface area contributed by atoms with E-state index in [1.165, 1.54) is 24.1 Å². The van der Waals surface area contributed by atoms with E-state index < -0.39 is 0 Å². The summed E-state index contributed by atoms with van der Waals surface area (Å²) in [7, 11) is 0. The molecular formula is C16H20N4. The molecule has 0 fully saturated rings. The van der Waals surface area contributed by atoms with Gasteiger partial charge in [0.15, 0.2) is 0 Å². The number of para-hydroxylation sites is 1. The van der Waals surface area contributed by atoms with E-state index in [4.69, 9.17) is 5.73 Å². The summed E-state index contributed by atoms with van der Waals surface area (Å²) >= 11 is 0. The molecule has 4 nitrogen and oxygen atoms in total. The Hall–Kier alpha value is -1.94. The van der Waals surface area contributed by atoms with Gasteiger partial charge >= 0.3 is 0 Å². The molecule has 1 aliphatic heterocycles. The molecule has 2 N–H and O–H groups in total. The molecule has 0 saturated carbocycles. The molecule has 4 heteroatoms. The van der Waals surface area contributed by atoms with Crippen LogP contribution in [-0.4, -0.2) is 23.1 Å².